The molecule has 2 N–H and O–H groups in total. The molecule has 0 spiro atoms. The smallest absolute Gasteiger partial charge is 0.326 e. The first-order chi connectivity index (χ1) is 11.6. The minimum Gasteiger partial charge on any atom is -0.480 e. The minimum absolute atomic E-state index is 0.201. The van der Waals surface area contributed by atoms with E-state index in [2.05, 4.69) is 5.32 Å². The Morgan fingerprint density at radius 2 is 2.04 bits per heavy atom. The summed E-state index contributed by atoms with van der Waals surface area (Å²) >= 11 is 0. The van der Waals surface area contributed by atoms with Crippen molar-refractivity contribution < 1.29 is 19.4 Å². The van der Waals surface area contributed by atoms with Crippen LogP contribution in [0.25, 0.3) is 5.69 Å². The van der Waals surface area contributed by atoms with Gasteiger partial charge in [0.2, 0.25) is 0 Å². The third-order valence-electron chi connectivity index (χ3n) is 4.23. The summed E-state index contributed by atoms with van der Waals surface area (Å²) < 4.78 is 7.24. The molecule has 1 fully saturated rings. The molecule has 0 aliphatic carbocycles. The zero-order chi connectivity index (χ0) is 16.9. The number of carbonyl (C=O) groups excluding carboxylic acids is 1. The van der Waals surface area contributed by atoms with E-state index < -0.39 is 12.0 Å². The highest BCUT2D eigenvalue weighted by atomic mass is 16.5. The Bertz CT molecular complexity index is 706. The van der Waals surface area contributed by atoms with Crippen LogP contribution in [0, 0.1) is 5.92 Å². The largest absolute Gasteiger partial charge is 0.480 e. The second kappa shape index (κ2) is 7.31. The van der Waals surface area contributed by atoms with E-state index in [0.717, 1.165) is 18.5 Å². The molecule has 2 aromatic rings. The monoisotopic (exact) mass is 328 g/mol. The molecule has 3 rings (SSSR count). The predicted molar refractivity (Wildman–Crippen MR) is 88.2 cm³/mol. The van der Waals surface area contributed by atoms with E-state index >= 15 is 0 Å². The third kappa shape index (κ3) is 3.65. The number of carboxylic acid groups (broad SMARTS) is 1. The van der Waals surface area contributed by atoms with Gasteiger partial charge in [0, 0.05) is 36.2 Å². The second-order valence-electron chi connectivity index (χ2n) is 5.91. The van der Waals surface area contributed by atoms with E-state index in [0.29, 0.717) is 18.8 Å². The lowest BCUT2D eigenvalue weighted by molar-refractivity contribution is -0.142. The Morgan fingerprint density at radius 3 is 2.71 bits per heavy atom. The highest BCUT2D eigenvalue weighted by Crippen LogP contribution is 2.19. The van der Waals surface area contributed by atoms with Gasteiger partial charge in [-0.05, 0) is 43.2 Å². The van der Waals surface area contributed by atoms with Crippen LogP contribution in [0.5, 0.6) is 0 Å². The number of nitrogens with zero attached hydrogens (tertiary/aromatic N) is 1. The molecular weight excluding hydrogens is 308 g/mol. The van der Waals surface area contributed by atoms with Gasteiger partial charge in [0.05, 0.1) is 6.61 Å². The fourth-order valence-corrected chi connectivity index (χ4v) is 2.95. The van der Waals surface area contributed by atoms with Crippen LogP contribution in [0.3, 0.4) is 0 Å². The SMILES string of the molecule is O=C(NC(C(=O)O)C1CCCOC1)c1cccc(-n2cccc2)c1. The molecule has 0 radical (unpaired) electrons. The summed E-state index contributed by atoms with van der Waals surface area (Å²) in [5.74, 6) is -1.62. The summed E-state index contributed by atoms with van der Waals surface area (Å²) in [4.78, 5) is 24.0. The van der Waals surface area contributed by atoms with Crippen molar-refractivity contribution in [3.8, 4) is 5.69 Å². The van der Waals surface area contributed by atoms with Crippen molar-refractivity contribution in [1.82, 2.24) is 9.88 Å². The van der Waals surface area contributed by atoms with Crippen LogP contribution in [-0.4, -0.2) is 40.8 Å². The lowest BCUT2D eigenvalue weighted by atomic mass is 9.93. The average Bonchev–Trinajstić information content (AvgIpc) is 3.15. The summed E-state index contributed by atoms with van der Waals surface area (Å²) in [6, 6.07) is 9.95. The summed E-state index contributed by atoms with van der Waals surface area (Å²) in [5.41, 5.74) is 1.28. The summed E-state index contributed by atoms with van der Waals surface area (Å²) in [5, 5.41) is 12.1. The van der Waals surface area contributed by atoms with Crippen LogP contribution >= 0.6 is 0 Å². The molecule has 2 heterocycles. The van der Waals surface area contributed by atoms with Crippen LogP contribution in [0.15, 0.2) is 48.8 Å². The van der Waals surface area contributed by atoms with Gasteiger partial charge in [-0.25, -0.2) is 4.79 Å². The molecule has 6 heteroatoms. The molecule has 0 saturated carbocycles. The number of nitrogens with one attached hydrogen (secondary N) is 1. The molecule has 2 atom stereocenters. The third-order valence-corrected chi connectivity index (χ3v) is 4.23. The molecule has 6 nitrogen and oxygen atoms in total. The van der Waals surface area contributed by atoms with Gasteiger partial charge in [0.25, 0.3) is 5.91 Å². The molecule has 1 saturated heterocycles. The van der Waals surface area contributed by atoms with Crippen molar-refractivity contribution in [2.24, 2.45) is 5.92 Å². The lowest BCUT2D eigenvalue weighted by Crippen LogP contribution is -2.48. The molecule has 24 heavy (non-hydrogen) atoms. The second-order valence-corrected chi connectivity index (χ2v) is 5.91. The highest BCUT2D eigenvalue weighted by molar-refractivity contribution is 5.97. The highest BCUT2D eigenvalue weighted by Gasteiger charge is 2.31. The predicted octanol–water partition coefficient (Wildman–Crippen LogP) is 2.09. The Hall–Kier alpha value is -2.60. The zero-order valence-electron chi connectivity index (χ0n) is 13.2. The molecule has 1 aliphatic heterocycles. The van der Waals surface area contributed by atoms with E-state index in [-0.39, 0.29) is 11.8 Å². The van der Waals surface area contributed by atoms with Crippen molar-refractivity contribution in [3.63, 3.8) is 0 Å². The first kappa shape index (κ1) is 16.3. The van der Waals surface area contributed by atoms with E-state index in [1.54, 1.807) is 18.2 Å². The van der Waals surface area contributed by atoms with Gasteiger partial charge < -0.3 is 19.7 Å². The Balaban J connectivity index is 1.75. The number of hydrogen-bond acceptors (Lipinski definition) is 3. The summed E-state index contributed by atoms with van der Waals surface area (Å²) in [6.45, 7) is 1.01. The fourth-order valence-electron chi connectivity index (χ4n) is 2.95. The topological polar surface area (TPSA) is 80.6 Å². The Morgan fingerprint density at radius 1 is 1.25 bits per heavy atom. The van der Waals surface area contributed by atoms with E-state index in [1.807, 2.05) is 35.2 Å². The fraction of sp³-hybridized carbons (Fsp3) is 0.333. The van der Waals surface area contributed by atoms with Gasteiger partial charge >= 0.3 is 5.97 Å². The van der Waals surface area contributed by atoms with Gasteiger partial charge in [-0.15, -0.1) is 0 Å². The summed E-state index contributed by atoms with van der Waals surface area (Å²) in [7, 11) is 0. The average molecular weight is 328 g/mol. The number of carbonyl (C=O) groups is 2. The number of aromatic nitrogens is 1. The van der Waals surface area contributed by atoms with Crippen LogP contribution in [0.2, 0.25) is 0 Å². The molecule has 1 aromatic heterocycles. The molecule has 1 aromatic carbocycles. The minimum atomic E-state index is -1.03. The molecular formula is C18H20N2O4. The Labute approximate surface area is 140 Å². The van der Waals surface area contributed by atoms with E-state index in [1.165, 1.54) is 0 Å². The normalized spacial score (nSPS) is 18.8. The van der Waals surface area contributed by atoms with Crippen LogP contribution in [0.4, 0.5) is 0 Å². The lowest BCUT2D eigenvalue weighted by Gasteiger charge is -2.28. The van der Waals surface area contributed by atoms with Crippen molar-refractivity contribution in [3.05, 3.63) is 54.4 Å². The first-order valence-electron chi connectivity index (χ1n) is 8.00. The number of benzene rings is 1. The number of carboxylic acids is 1. The van der Waals surface area contributed by atoms with E-state index in [9.17, 15) is 14.7 Å². The maximum atomic E-state index is 12.5. The van der Waals surface area contributed by atoms with Gasteiger partial charge in [0.1, 0.15) is 6.04 Å². The zero-order valence-corrected chi connectivity index (χ0v) is 13.2. The van der Waals surface area contributed by atoms with E-state index in [4.69, 9.17) is 4.74 Å². The standard InChI is InChI=1S/C18H20N2O4/c21-17(19-16(18(22)23)14-6-4-10-24-12-14)13-5-3-7-15(11-13)20-8-1-2-9-20/h1-3,5,7-9,11,14,16H,4,6,10,12H2,(H,19,21)(H,22,23). The Kier molecular flexibility index (Phi) is 4.96. The van der Waals surface area contributed by atoms with Crippen LogP contribution < -0.4 is 5.32 Å². The molecule has 1 amide bonds. The van der Waals surface area contributed by atoms with Crippen LogP contribution in [0.1, 0.15) is 23.2 Å². The number of ether oxygens (including phenoxy) is 1. The molecule has 2 unspecified atom stereocenters. The first-order valence-corrected chi connectivity index (χ1v) is 8.00. The molecule has 126 valence electrons. The van der Waals surface area contributed by atoms with Crippen molar-refractivity contribution in [2.75, 3.05) is 13.2 Å². The van der Waals surface area contributed by atoms with Crippen molar-refractivity contribution in [2.45, 2.75) is 18.9 Å². The number of hydrogen-bond donors (Lipinski definition) is 2. The number of rotatable bonds is 5. The maximum absolute atomic E-state index is 12.5. The molecule has 1 aliphatic rings. The van der Waals surface area contributed by atoms with Crippen molar-refractivity contribution in [1.29, 1.82) is 0 Å². The molecule has 0 bridgehead atoms. The van der Waals surface area contributed by atoms with Gasteiger partial charge in [-0.2, -0.15) is 0 Å². The van der Waals surface area contributed by atoms with Gasteiger partial charge in [-0.3, -0.25) is 4.79 Å². The van der Waals surface area contributed by atoms with Gasteiger partial charge in [0.15, 0.2) is 0 Å². The number of aliphatic carboxylic acids is 1. The van der Waals surface area contributed by atoms with Gasteiger partial charge in [-0.1, -0.05) is 6.07 Å². The summed E-state index contributed by atoms with van der Waals surface area (Å²) in [6.07, 6.45) is 5.32. The maximum Gasteiger partial charge on any atom is 0.326 e. The quantitative estimate of drug-likeness (QED) is 0.881. The van der Waals surface area contributed by atoms with Crippen molar-refractivity contribution >= 4 is 11.9 Å². The number of amides is 1. The van der Waals surface area contributed by atoms with Crippen LogP contribution in [-0.2, 0) is 9.53 Å².